The molecule has 0 spiro atoms. The van der Waals surface area contributed by atoms with Gasteiger partial charge in [-0.25, -0.2) is 4.98 Å². The Morgan fingerprint density at radius 2 is 1.77 bits per heavy atom. The van der Waals surface area contributed by atoms with Crippen LogP contribution in [0.4, 0.5) is 0 Å². The summed E-state index contributed by atoms with van der Waals surface area (Å²) in [7, 11) is 0. The third kappa shape index (κ3) is 5.47. The SMILES string of the molecule is CC(C)c1nnc(-c2ccc(Oc3cc(-c4nc(-c5ccccc5)co4)ccc3CN3CCCC3=O)cc2)s1. The molecule has 0 bridgehead atoms. The van der Waals surface area contributed by atoms with Crippen molar-refractivity contribution in [2.75, 3.05) is 6.54 Å². The van der Waals surface area contributed by atoms with Crippen LogP contribution in [0.3, 0.4) is 0 Å². The molecule has 0 aliphatic carbocycles. The number of carbonyl (C=O) groups is 1. The number of nitrogens with zero attached hydrogens (tertiary/aromatic N) is 4. The lowest BCUT2D eigenvalue weighted by Crippen LogP contribution is -2.24. The first-order chi connectivity index (χ1) is 19.0. The summed E-state index contributed by atoms with van der Waals surface area (Å²) in [4.78, 5) is 18.9. The van der Waals surface area contributed by atoms with Crippen molar-refractivity contribution in [3.8, 4) is 44.8 Å². The smallest absolute Gasteiger partial charge is 0.226 e. The summed E-state index contributed by atoms with van der Waals surface area (Å²) in [5, 5.41) is 10.5. The summed E-state index contributed by atoms with van der Waals surface area (Å²) in [5.41, 5.74) is 4.49. The maximum Gasteiger partial charge on any atom is 0.226 e. The molecule has 0 unspecified atom stereocenters. The van der Waals surface area contributed by atoms with E-state index >= 15 is 0 Å². The lowest BCUT2D eigenvalue weighted by Gasteiger charge is -2.19. The fraction of sp³-hybridized carbons (Fsp3) is 0.226. The van der Waals surface area contributed by atoms with Crippen molar-refractivity contribution in [3.05, 3.63) is 89.6 Å². The first-order valence-electron chi connectivity index (χ1n) is 13.1. The molecule has 7 nitrogen and oxygen atoms in total. The van der Waals surface area contributed by atoms with E-state index in [1.165, 1.54) is 0 Å². The van der Waals surface area contributed by atoms with Gasteiger partial charge in [0.15, 0.2) is 0 Å². The van der Waals surface area contributed by atoms with Gasteiger partial charge in [-0.05, 0) is 42.8 Å². The van der Waals surface area contributed by atoms with E-state index in [4.69, 9.17) is 14.1 Å². The summed E-state index contributed by atoms with van der Waals surface area (Å²) < 4.78 is 12.2. The standard InChI is InChI=1S/C31H28N4O3S/c1-20(2)30-33-34-31(39-30)22-12-14-25(15-13-22)38-27-17-23(10-11-24(27)18-35-16-6-9-28(35)36)29-32-26(19-37-29)21-7-4-3-5-8-21/h3-5,7-8,10-15,17,19-20H,6,9,16,18H2,1-2H3. The number of carbonyl (C=O) groups excluding carboxylic acids is 1. The molecule has 1 aliphatic heterocycles. The first-order valence-corrected chi connectivity index (χ1v) is 13.9. The predicted octanol–water partition coefficient (Wildman–Crippen LogP) is 7.57. The van der Waals surface area contributed by atoms with Gasteiger partial charge in [0.2, 0.25) is 11.8 Å². The average Bonchev–Trinajstić information content (AvgIpc) is 3.73. The lowest BCUT2D eigenvalue weighted by atomic mass is 10.1. The van der Waals surface area contributed by atoms with Gasteiger partial charge in [0, 0.05) is 47.7 Å². The van der Waals surface area contributed by atoms with Gasteiger partial charge in [-0.3, -0.25) is 4.79 Å². The Kier molecular flexibility index (Phi) is 6.94. The molecule has 39 heavy (non-hydrogen) atoms. The summed E-state index contributed by atoms with van der Waals surface area (Å²) >= 11 is 1.61. The van der Waals surface area contributed by atoms with Crippen molar-refractivity contribution < 1.29 is 13.9 Å². The quantitative estimate of drug-likeness (QED) is 0.203. The van der Waals surface area contributed by atoms with Crippen LogP contribution in [0.1, 0.15) is 43.2 Å². The molecule has 1 aliphatic rings. The molecule has 2 aromatic heterocycles. The highest BCUT2D eigenvalue weighted by Gasteiger charge is 2.22. The average molecular weight is 537 g/mol. The molecule has 0 radical (unpaired) electrons. The molecule has 0 atom stereocenters. The molecular formula is C31H28N4O3S. The van der Waals surface area contributed by atoms with Gasteiger partial charge in [-0.2, -0.15) is 0 Å². The number of oxazole rings is 1. The zero-order chi connectivity index (χ0) is 26.8. The van der Waals surface area contributed by atoms with Gasteiger partial charge in [-0.15, -0.1) is 10.2 Å². The second-order valence-electron chi connectivity index (χ2n) is 9.87. The number of likely N-dealkylation sites (tertiary alicyclic amines) is 1. The lowest BCUT2D eigenvalue weighted by molar-refractivity contribution is -0.128. The number of rotatable bonds is 8. The third-order valence-corrected chi connectivity index (χ3v) is 7.96. The van der Waals surface area contributed by atoms with Gasteiger partial charge < -0.3 is 14.1 Å². The van der Waals surface area contributed by atoms with E-state index in [2.05, 4.69) is 24.0 Å². The number of hydrogen-bond donors (Lipinski definition) is 0. The normalized spacial score (nSPS) is 13.4. The molecule has 196 valence electrons. The highest BCUT2D eigenvalue weighted by atomic mass is 32.1. The zero-order valence-corrected chi connectivity index (χ0v) is 22.6. The Morgan fingerprint density at radius 1 is 0.974 bits per heavy atom. The maximum atomic E-state index is 12.3. The molecule has 6 rings (SSSR count). The third-order valence-electron chi connectivity index (χ3n) is 6.68. The van der Waals surface area contributed by atoms with Crippen molar-refractivity contribution in [3.63, 3.8) is 0 Å². The summed E-state index contributed by atoms with van der Waals surface area (Å²) in [6, 6.07) is 23.7. The molecule has 0 N–H and O–H groups in total. The summed E-state index contributed by atoms with van der Waals surface area (Å²) in [6.07, 6.45) is 3.15. The minimum atomic E-state index is 0.174. The first kappa shape index (κ1) is 25.0. The van der Waals surface area contributed by atoms with Crippen LogP contribution in [0.15, 0.2) is 83.5 Å². The van der Waals surface area contributed by atoms with Gasteiger partial charge in [-0.1, -0.05) is 61.6 Å². The van der Waals surface area contributed by atoms with Crippen molar-refractivity contribution in [2.45, 2.75) is 39.2 Å². The number of amides is 1. The minimum absolute atomic E-state index is 0.174. The van der Waals surface area contributed by atoms with Crippen molar-refractivity contribution >= 4 is 17.2 Å². The molecule has 1 amide bonds. The fourth-order valence-corrected chi connectivity index (χ4v) is 5.37. The van der Waals surface area contributed by atoms with Crippen molar-refractivity contribution in [1.82, 2.24) is 20.1 Å². The zero-order valence-electron chi connectivity index (χ0n) is 21.8. The number of benzene rings is 3. The second kappa shape index (κ2) is 10.8. The highest BCUT2D eigenvalue weighted by Crippen LogP contribution is 2.35. The van der Waals surface area contributed by atoms with Crippen LogP contribution < -0.4 is 4.74 Å². The van der Waals surface area contributed by atoms with E-state index in [0.29, 0.717) is 36.3 Å². The van der Waals surface area contributed by atoms with Crippen LogP contribution in [-0.2, 0) is 11.3 Å². The van der Waals surface area contributed by atoms with E-state index in [9.17, 15) is 4.79 Å². The molecular weight excluding hydrogens is 508 g/mol. The molecule has 0 saturated carbocycles. The molecule has 3 aromatic carbocycles. The molecule has 1 saturated heterocycles. The number of hydrogen-bond acceptors (Lipinski definition) is 7. The van der Waals surface area contributed by atoms with Gasteiger partial charge in [0.05, 0.1) is 0 Å². The Labute approximate surface area is 231 Å². The van der Waals surface area contributed by atoms with Gasteiger partial charge in [0.25, 0.3) is 0 Å². The van der Waals surface area contributed by atoms with Crippen molar-refractivity contribution in [1.29, 1.82) is 0 Å². The van der Waals surface area contributed by atoms with Crippen LogP contribution in [0.2, 0.25) is 0 Å². The second-order valence-corrected chi connectivity index (χ2v) is 10.9. The summed E-state index contributed by atoms with van der Waals surface area (Å²) in [5.74, 6) is 2.38. The fourth-order valence-electron chi connectivity index (χ4n) is 4.51. The van der Waals surface area contributed by atoms with Crippen LogP contribution in [0.25, 0.3) is 33.3 Å². The molecule has 8 heteroatoms. The van der Waals surface area contributed by atoms with Crippen LogP contribution in [0.5, 0.6) is 11.5 Å². The van der Waals surface area contributed by atoms with Crippen molar-refractivity contribution in [2.24, 2.45) is 0 Å². The van der Waals surface area contributed by atoms with Gasteiger partial charge >= 0.3 is 0 Å². The minimum Gasteiger partial charge on any atom is -0.457 e. The maximum absolute atomic E-state index is 12.3. The molecule has 1 fully saturated rings. The summed E-state index contributed by atoms with van der Waals surface area (Å²) in [6.45, 7) is 5.48. The van der Waals surface area contributed by atoms with Crippen LogP contribution in [-0.4, -0.2) is 32.5 Å². The molecule has 5 aromatic rings. The highest BCUT2D eigenvalue weighted by molar-refractivity contribution is 7.14. The topological polar surface area (TPSA) is 81.3 Å². The predicted molar refractivity (Wildman–Crippen MR) is 152 cm³/mol. The monoisotopic (exact) mass is 536 g/mol. The number of aromatic nitrogens is 3. The Morgan fingerprint density at radius 3 is 2.49 bits per heavy atom. The van der Waals surface area contributed by atoms with E-state index in [-0.39, 0.29) is 5.91 Å². The Balaban J connectivity index is 1.29. The largest absolute Gasteiger partial charge is 0.457 e. The van der Waals surface area contributed by atoms with E-state index in [1.54, 1.807) is 17.6 Å². The number of ether oxygens (including phenoxy) is 1. The van der Waals surface area contributed by atoms with E-state index < -0.39 is 0 Å². The van der Waals surface area contributed by atoms with Gasteiger partial charge in [0.1, 0.15) is 33.5 Å². The Bertz CT molecular complexity index is 1590. The van der Waals surface area contributed by atoms with Crippen LogP contribution in [0, 0.1) is 0 Å². The Hall–Kier alpha value is -4.30. The van der Waals surface area contributed by atoms with E-state index in [1.807, 2.05) is 77.7 Å². The van der Waals surface area contributed by atoms with E-state index in [0.717, 1.165) is 50.9 Å². The van der Waals surface area contributed by atoms with Crippen LogP contribution >= 0.6 is 11.3 Å². The molecule has 3 heterocycles.